The Morgan fingerprint density at radius 1 is 0.630 bits per heavy atom. The zero-order valence-electron chi connectivity index (χ0n) is 29.9. The van der Waals surface area contributed by atoms with Crippen LogP contribution in [0.5, 0.6) is 0 Å². The van der Waals surface area contributed by atoms with Gasteiger partial charge in [-0.3, -0.25) is 0 Å². The van der Waals surface area contributed by atoms with Gasteiger partial charge in [0.15, 0.2) is 11.9 Å². The highest BCUT2D eigenvalue weighted by molar-refractivity contribution is 5.23. The van der Waals surface area contributed by atoms with Gasteiger partial charge in [-0.15, -0.1) is 0 Å². The smallest absolute Gasteiger partial charge is 0.184 e. The van der Waals surface area contributed by atoms with Crippen LogP contribution in [0.15, 0.2) is 12.3 Å². The van der Waals surface area contributed by atoms with Crippen LogP contribution in [-0.4, -0.2) is 46.6 Å². The Morgan fingerprint density at radius 2 is 1.09 bits per heavy atom. The number of nitrogens with one attached hydrogen (secondary N) is 2. The molecule has 0 aromatic carbocycles. The number of unbranched alkanes of at least 4 members (excludes halogenated alkanes) is 14. The molecule has 3 aliphatic heterocycles. The lowest BCUT2D eigenvalue weighted by Gasteiger charge is -2.32. The summed E-state index contributed by atoms with van der Waals surface area (Å²) < 4.78 is 2.60. The molecular weight excluding hydrogens is 590 g/mol. The third-order valence-electron chi connectivity index (χ3n) is 11.5. The molecule has 266 valence electrons. The Bertz CT molecular complexity index is 945. The molecule has 1 aromatic heterocycles. The molecule has 2 fully saturated rings. The Balaban J connectivity index is 0.00000576. The van der Waals surface area contributed by atoms with E-state index in [1.165, 1.54) is 148 Å². The molecule has 1 aromatic rings. The van der Waals surface area contributed by atoms with Crippen LogP contribution in [0.2, 0.25) is 0 Å². The molecule has 0 amide bonds. The van der Waals surface area contributed by atoms with E-state index in [4.69, 9.17) is 0 Å². The number of nitrogens with zero attached hydrogens (tertiary/aromatic N) is 1. The molecule has 0 spiro atoms. The van der Waals surface area contributed by atoms with Gasteiger partial charge < -0.3 is 33.3 Å². The average molecular weight is 662 g/mol. The summed E-state index contributed by atoms with van der Waals surface area (Å²) in [6.45, 7) is 5.47. The summed E-state index contributed by atoms with van der Waals surface area (Å²) in [7, 11) is 0. The Kier molecular flexibility index (Phi) is 19.7. The molecule has 0 bridgehead atoms. The summed E-state index contributed by atoms with van der Waals surface area (Å²) in [6.07, 6.45) is 36.2. The molecular formula is C40H72ClN3O2. The number of halogens is 1. The van der Waals surface area contributed by atoms with Gasteiger partial charge in [0.25, 0.3) is 0 Å². The van der Waals surface area contributed by atoms with Crippen molar-refractivity contribution in [1.82, 2.24) is 10.6 Å². The molecule has 2 saturated heterocycles. The standard InChI is InChI=1S/C40H72N3O2.ClH/c1-32-39(44)27-25-36(41-32)22-17-13-9-5-3-7-11-15-20-34-30-35(38-24-19-29-43(38)31-34)21-16-12-8-4-6-10-14-18-23-37-26-28-40(45)33(2)42-37;/h30-33,36-37,39-42,44-45H,3-29H2,1-2H3;1H/q+1;/p-1/t32-,33+,36+,37+,39+,40-;/m0./s1. The van der Waals surface area contributed by atoms with E-state index in [1.54, 1.807) is 16.8 Å². The minimum absolute atomic E-state index is 0. The molecule has 6 atom stereocenters. The zero-order valence-corrected chi connectivity index (χ0v) is 30.7. The van der Waals surface area contributed by atoms with Gasteiger partial charge in [-0.05, 0) is 84.1 Å². The predicted molar refractivity (Wildman–Crippen MR) is 189 cm³/mol. The van der Waals surface area contributed by atoms with E-state index >= 15 is 0 Å². The second-order valence-electron chi connectivity index (χ2n) is 15.4. The lowest BCUT2D eigenvalue weighted by atomic mass is 9.93. The molecule has 0 radical (unpaired) electrons. The summed E-state index contributed by atoms with van der Waals surface area (Å²) in [4.78, 5) is 0. The minimum Gasteiger partial charge on any atom is -1.00 e. The van der Waals surface area contributed by atoms with Crippen molar-refractivity contribution in [3.8, 4) is 0 Å². The molecule has 0 unspecified atom stereocenters. The van der Waals surface area contributed by atoms with Crippen LogP contribution in [0.4, 0.5) is 0 Å². The van der Waals surface area contributed by atoms with E-state index in [2.05, 4.69) is 41.3 Å². The SMILES string of the molecule is C[C@@H]1N[C@H](CCCCCCCCCCc2cc(CCCCCCCCCC[C@@H]3CC[C@H](O)[C@@H](C)N3)c3[n+](c2)CCC3)CC[C@H]1O.[Cl-]. The van der Waals surface area contributed by atoms with Gasteiger partial charge in [-0.25, -0.2) is 4.57 Å². The molecule has 5 nitrogen and oxygen atoms in total. The molecule has 0 aliphatic carbocycles. The maximum Gasteiger partial charge on any atom is 0.184 e. The maximum absolute atomic E-state index is 9.89. The Labute approximate surface area is 289 Å². The van der Waals surface area contributed by atoms with Crippen molar-refractivity contribution in [2.45, 2.75) is 224 Å². The summed E-state index contributed by atoms with van der Waals surface area (Å²) in [6, 6.07) is 4.38. The van der Waals surface area contributed by atoms with Crippen LogP contribution in [-0.2, 0) is 25.8 Å². The number of pyridine rings is 1. The number of fused-ring (bicyclic) bond motifs is 1. The van der Waals surface area contributed by atoms with Crippen LogP contribution in [0.25, 0.3) is 0 Å². The van der Waals surface area contributed by atoms with Gasteiger partial charge in [-0.1, -0.05) is 89.9 Å². The number of aliphatic hydroxyl groups excluding tert-OH is 2. The van der Waals surface area contributed by atoms with Gasteiger partial charge in [0, 0.05) is 48.1 Å². The minimum atomic E-state index is -0.146. The third-order valence-corrected chi connectivity index (χ3v) is 11.5. The van der Waals surface area contributed by atoms with E-state index < -0.39 is 0 Å². The second kappa shape index (κ2) is 22.8. The fourth-order valence-electron chi connectivity index (χ4n) is 8.46. The fourth-order valence-corrected chi connectivity index (χ4v) is 8.46. The van der Waals surface area contributed by atoms with Crippen molar-refractivity contribution in [3.63, 3.8) is 0 Å². The highest BCUT2D eigenvalue weighted by Crippen LogP contribution is 2.22. The topological polar surface area (TPSA) is 68.4 Å². The van der Waals surface area contributed by atoms with Gasteiger partial charge in [0.05, 0.1) is 12.2 Å². The largest absolute Gasteiger partial charge is 1.00 e. The van der Waals surface area contributed by atoms with Gasteiger partial charge in [-0.2, -0.15) is 0 Å². The molecule has 4 heterocycles. The maximum atomic E-state index is 9.89. The van der Waals surface area contributed by atoms with Crippen molar-refractivity contribution in [2.75, 3.05) is 0 Å². The van der Waals surface area contributed by atoms with Crippen molar-refractivity contribution in [2.24, 2.45) is 0 Å². The van der Waals surface area contributed by atoms with E-state index in [-0.39, 0.29) is 36.7 Å². The predicted octanol–water partition coefficient (Wildman–Crippen LogP) is 5.03. The first-order valence-corrected chi connectivity index (χ1v) is 19.9. The lowest BCUT2D eigenvalue weighted by molar-refractivity contribution is -0.691. The first-order chi connectivity index (χ1) is 22.0. The number of hydrogen-bond acceptors (Lipinski definition) is 4. The lowest BCUT2D eigenvalue weighted by Crippen LogP contribution is -3.00. The fraction of sp³-hybridized carbons (Fsp3) is 0.875. The quantitative estimate of drug-likeness (QED) is 0.104. The highest BCUT2D eigenvalue weighted by Gasteiger charge is 2.26. The van der Waals surface area contributed by atoms with Crippen molar-refractivity contribution in [1.29, 1.82) is 0 Å². The van der Waals surface area contributed by atoms with Gasteiger partial charge in [0.2, 0.25) is 0 Å². The van der Waals surface area contributed by atoms with Crippen LogP contribution >= 0.6 is 0 Å². The Hall–Kier alpha value is -0.720. The molecule has 6 heteroatoms. The van der Waals surface area contributed by atoms with Gasteiger partial charge in [0.1, 0.15) is 6.54 Å². The number of piperidine rings is 2. The summed E-state index contributed by atoms with van der Waals surface area (Å²) >= 11 is 0. The average Bonchev–Trinajstić information content (AvgIpc) is 3.51. The van der Waals surface area contributed by atoms with E-state index in [0.717, 1.165) is 25.7 Å². The number of aromatic nitrogens is 1. The first kappa shape index (κ1) is 39.7. The van der Waals surface area contributed by atoms with Crippen LogP contribution < -0.4 is 27.6 Å². The second-order valence-corrected chi connectivity index (χ2v) is 15.4. The van der Waals surface area contributed by atoms with Crippen molar-refractivity contribution >= 4 is 0 Å². The molecule has 4 rings (SSSR count). The summed E-state index contributed by atoms with van der Waals surface area (Å²) in [5, 5.41) is 27.0. The highest BCUT2D eigenvalue weighted by atomic mass is 35.5. The van der Waals surface area contributed by atoms with E-state index in [0.29, 0.717) is 12.1 Å². The summed E-state index contributed by atoms with van der Waals surface area (Å²) in [5.41, 5.74) is 4.89. The van der Waals surface area contributed by atoms with Crippen molar-refractivity contribution in [3.05, 3.63) is 29.1 Å². The third kappa shape index (κ3) is 14.4. The van der Waals surface area contributed by atoms with Crippen LogP contribution in [0.3, 0.4) is 0 Å². The molecule has 4 N–H and O–H groups in total. The number of rotatable bonds is 22. The van der Waals surface area contributed by atoms with Crippen molar-refractivity contribution < 1.29 is 27.2 Å². The first-order valence-electron chi connectivity index (χ1n) is 19.9. The molecule has 0 saturated carbocycles. The molecule has 3 aliphatic rings. The van der Waals surface area contributed by atoms with E-state index in [9.17, 15) is 10.2 Å². The Morgan fingerprint density at radius 3 is 1.59 bits per heavy atom. The van der Waals surface area contributed by atoms with Crippen LogP contribution in [0, 0.1) is 0 Å². The molecule has 46 heavy (non-hydrogen) atoms. The van der Waals surface area contributed by atoms with E-state index in [1.807, 2.05) is 0 Å². The van der Waals surface area contributed by atoms with Gasteiger partial charge >= 0.3 is 0 Å². The summed E-state index contributed by atoms with van der Waals surface area (Å²) in [5.74, 6) is 0. The monoisotopic (exact) mass is 662 g/mol. The zero-order chi connectivity index (χ0) is 31.7. The number of aliphatic hydroxyl groups is 2. The normalized spacial score (nSPS) is 26.2. The van der Waals surface area contributed by atoms with Crippen LogP contribution in [0.1, 0.15) is 178 Å². The number of hydrogen-bond donors (Lipinski definition) is 4. The number of aryl methyl sites for hydroxylation is 3.